The average molecular weight is 396 g/mol. The smallest absolute Gasteiger partial charge is 0.291 e. The molecule has 0 aromatic carbocycles. The van der Waals surface area contributed by atoms with Gasteiger partial charge in [-0.15, -0.1) is 11.3 Å². The van der Waals surface area contributed by atoms with Gasteiger partial charge in [-0.25, -0.2) is 4.98 Å². The lowest BCUT2D eigenvalue weighted by Gasteiger charge is -2.35. The Balaban J connectivity index is 1.29. The molecule has 3 aromatic heterocycles. The number of amides is 2. The van der Waals surface area contributed by atoms with Crippen LogP contribution in [0.3, 0.4) is 0 Å². The van der Waals surface area contributed by atoms with Crippen molar-refractivity contribution in [2.24, 2.45) is 0 Å². The number of carbonyl (C=O) groups is 2. The predicted molar refractivity (Wildman–Crippen MR) is 108 cm³/mol. The minimum atomic E-state index is -0.308. The highest BCUT2D eigenvalue weighted by molar-refractivity contribution is 7.10. The SMILES string of the molecule is O=C(Nc1ccc(N2CCN(C(=O)Cc3cccs3)CC2)nc1)c1ccco1. The summed E-state index contributed by atoms with van der Waals surface area (Å²) in [5.74, 6) is 0.956. The standard InChI is InChI=1S/C20H20N4O3S/c25-19(13-16-3-2-12-28-16)24-9-7-23(8-10-24)18-6-5-15(14-21-18)22-20(26)17-4-1-11-27-17/h1-6,11-12,14H,7-10,13H2,(H,22,26). The van der Waals surface area contributed by atoms with Crippen molar-refractivity contribution in [2.45, 2.75) is 6.42 Å². The van der Waals surface area contributed by atoms with E-state index in [1.165, 1.54) is 6.26 Å². The molecular weight excluding hydrogens is 376 g/mol. The van der Waals surface area contributed by atoms with Crippen LogP contribution in [0.15, 0.2) is 58.7 Å². The van der Waals surface area contributed by atoms with Crippen molar-refractivity contribution in [3.05, 3.63) is 64.9 Å². The number of nitrogens with zero attached hydrogens (tertiary/aromatic N) is 3. The Morgan fingerprint density at radius 3 is 2.61 bits per heavy atom. The van der Waals surface area contributed by atoms with Gasteiger partial charge in [0.1, 0.15) is 5.82 Å². The second kappa shape index (κ2) is 8.26. The first-order valence-electron chi connectivity index (χ1n) is 9.05. The van der Waals surface area contributed by atoms with Crippen LogP contribution in [0.1, 0.15) is 15.4 Å². The lowest BCUT2D eigenvalue weighted by Crippen LogP contribution is -2.49. The summed E-state index contributed by atoms with van der Waals surface area (Å²) < 4.78 is 5.08. The Labute approximate surface area is 166 Å². The molecule has 28 heavy (non-hydrogen) atoms. The van der Waals surface area contributed by atoms with Crippen LogP contribution in [-0.4, -0.2) is 47.9 Å². The lowest BCUT2D eigenvalue weighted by atomic mass is 10.2. The normalized spacial score (nSPS) is 14.1. The van der Waals surface area contributed by atoms with Gasteiger partial charge in [0.2, 0.25) is 5.91 Å². The maximum atomic E-state index is 12.4. The fraction of sp³-hybridized carbons (Fsp3) is 0.250. The maximum Gasteiger partial charge on any atom is 0.291 e. The van der Waals surface area contributed by atoms with Crippen molar-refractivity contribution >= 4 is 34.7 Å². The number of furan rings is 1. The summed E-state index contributed by atoms with van der Waals surface area (Å²) in [4.78, 5) is 34.0. The Hall–Kier alpha value is -3.13. The number of rotatable bonds is 5. The molecule has 0 aliphatic carbocycles. The highest BCUT2D eigenvalue weighted by Crippen LogP contribution is 2.18. The van der Waals surface area contributed by atoms with E-state index in [0.29, 0.717) is 25.2 Å². The van der Waals surface area contributed by atoms with Crippen molar-refractivity contribution in [3.8, 4) is 0 Å². The number of anilines is 2. The van der Waals surface area contributed by atoms with E-state index < -0.39 is 0 Å². The lowest BCUT2D eigenvalue weighted by molar-refractivity contribution is -0.130. The molecule has 1 fully saturated rings. The van der Waals surface area contributed by atoms with Crippen molar-refractivity contribution in [2.75, 3.05) is 36.4 Å². The quantitative estimate of drug-likeness (QED) is 0.717. The van der Waals surface area contributed by atoms with Gasteiger partial charge < -0.3 is 19.5 Å². The van der Waals surface area contributed by atoms with Crippen LogP contribution in [0.5, 0.6) is 0 Å². The fourth-order valence-electron chi connectivity index (χ4n) is 3.11. The Kier molecular flexibility index (Phi) is 5.38. The molecule has 0 atom stereocenters. The number of hydrogen-bond acceptors (Lipinski definition) is 6. The van der Waals surface area contributed by atoms with Crippen LogP contribution in [0.2, 0.25) is 0 Å². The molecule has 0 unspecified atom stereocenters. The van der Waals surface area contributed by atoms with Gasteiger partial charge in [0.05, 0.1) is 24.6 Å². The molecular formula is C20H20N4O3S. The molecule has 4 rings (SSSR count). The first-order valence-corrected chi connectivity index (χ1v) is 9.93. The summed E-state index contributed by atoms with van der Waals surface area (Å²) in [5.41, 5.74) is 0.606. The van der Waals surface area contributed by atoms with Crippen LogP contribution in [-0.2, 0) is 11.2 Å². The summed E-state index contributed by atoms with van der Waals surface area (Å²) in [7, 11) is 0. The van der Waals surface area contributed by atoms with Crippen molar-refractivity contribution < 1.29 is 14.0 Å². The summed E-state index contributed by atoms with van der Waals surface area (Å²) in [5, 5.41) is 4.74. The minimum absolute atomic E-state index is 0.172. The Bertz CT molecular complexity index is 915. The van der Waals surface area contributed by atoms with E-state index in [0.717, 1.165) is 23.8 Å². The van der Waals surface area contributed by atoms with Crippen molar-refractivity contribution in [1.29, 1.82) is 0 Å². The summed E-state index contributed by atoms with van der Waals surface area (Å²) in [6.07, 6.45) is 3.56. The molecule has 8 heteroatoms. The average Bonchev–Trinajstić information content (AvgIpc) is 3.43. The van der Waals surface area contributed by atoms with E-state index in [9.17, 15) is 9.59 Å². The second-order valence-electron chi connectivity index (χ2n) is 6.46. The van der Waals surface area contributed by atoms with Gasteiger partial charge in [-0.05, 0) is 35.7 Å². The molecule has 1 aliphatic heterocycles. The van der Waals surface area contributed by atoms with Crippen molar-refractivity contribution in [1.82, 2.24) is 9.88 Å². The molecule has 4 heterocycles. The van der Waals surface area contributed by atoms with E-state index in [1.54, 1.807) is 29.7 Å². The minimum Gasteiger partial charge on any atom is -0.459 e. The number of carbonyl (C=O) groups excluding carboxylic acids is 2. The highest BCUT2D eigenvalue weighted by Gasteiger charge is 2.22. The van der Waals surface area contributed by atoms with Crippen LogP contribution < -0.4 is 10.2 Å². The molecule has 1 saturated heterocycles. The molecule has 7 nitrogen and oxygen atoms in total. The number of pyridine rings is 1. The largest absolute Gasteiger partial charge is 0.459 e. The molecule has 0 radical (unpaired) electrons. The maximum absolute atomic E-state index is 12.4. The van der Waals surface area contributed by atoms with E-state index in [1.807, 2.05) is 34.5 Å². The first-order chi connectivity index (χ1) is 13.7. The zero-order valence-electron chi connectivity index (χ0n) is 15.2. The van der Waals surface area contributed by atoms with E-state index in [4.69, 9.17) is 4.42 Å². The van der Waals surface area contributed by atoms with Crippen LogP contribution in [0.25, 0.3) is 0 Å². The Morgan fingerprint density at radius 1 is 1.11 bits per heavy atom. The van der Waals surface area contributed by atoms with Crippen LogP contribution in [0.4, 0.5) is 11.5 Å². The summed E-state index contributed by atoms with van der Waals surface area (Å²) in [6, 6.07) is 10.9. The molecule has 1 aliphatic rings. The van der Waals surface area contributed by atoms with Gasteiger partial charge in [0.15, 0.2) is 5.76 Å². The van der Waals surface area contributed by atoms with Gasteiger partial charge >= 0.3 is 0 Å². The molecule has 1 N–H and O–H groups in total. The van der Waals surface area contributed by atoms with Gasteiger partial charge in [0.25, 0.3) is 5.91 Å². The zero-order chi connectivity index (χ0) is 19.3. The molecule has 0 saturated carbocycles. The number of hydrogen-bond donors (Lipinski definition) is 1. The number of nitrogens with one attached hydrogen (secondary N) is 1. The number of piperazine rings is 1. The van der Waals surface area contributed by atoms with Crippen LogP contribution >= 0.6 is 11.3 Å². The van der Waals surface area contributed by atoms with Crippen molar-refractivity contribution in [3.63, 3.8) is 0 Å². The zero-order valence-corrected chi connectivity index (χ0v) is 16.0. The van der Waals surface area contributed by atoms with Gasteiger partial charge in [-0.1, -0.05) is 6.07 Å². The number of aromatic nitrogens is 1. The van der Waals surface area contributed by atoms with E-state index in [-0.39, 0.29) is 17.6 Å². The van der Waals surface area contributed by atoms with Gasteiger partial charge in [-0.3, -0.25) is 9.59 Å². The second-order valence-corrected chi connectivity index (χ2v) is 7.49. The predicted octanol–water partition coefficient (Wildman–Crippen LogP) is 2.88. The molecule has 2 amide bonds. The number of thiophene rings is 1. The third-order valence-electron chi connectivity index (χ3n) is 4.61. The van der Waals surface area contributed by atoms with Gasteiger partial charge in [-0.2, -0.15) is 0 Å². The van der Waals surface area contributed by atoms with Gasteiger partial charge in [0, 0.05) is 31.1 Å². The highest BCUT2D eigenvalue weighted by atomic mass is 32.1. The molecule has 3 aromatic rings. The Morgan fingerprint density at radius 2 is 1.96 bits per heavy atom. The fourth-order valence-corrected chi connectivity index (χ4v) is 3.80. The first kappa shape index (κ1) is 18.2. The molecule has 144 valence electrons. The summed E-state index contributed by atoms with van der Waals surface area (Å²) in [6.45, 7) is 2.84. The topological polar surface area (TPSA) is 78.7 Å². The van der Waals surface area contributed by atoms with Crippen LogP contribution in [0, 0.1) is 0 Å². The molecule has 0 bridgehead atoms. The molecule has 0 spiro atoms. The third kappa shape index (κ3) is 4.23. The summed E-state index contributed by atoms with van der Waals surface area (Å²) >= 11 is 1.61. The third-order valence-corrected chi connectivity index (χ3v) is 5.49. The monoisotopic (exact) mass is 396 g/mol. The van der Waals surface area contributed by atoms with E-state index in [2.05, 4.69) is 15.2 Å². The van der Waals surface area contributed by atoms with E-state index >= 15 is 0 Å².